The molecule has 1 saturated heterocycles. The summed E-state index contributed by atoms with van der Waals surface area (Å²) >= 11 is 1.95. The second-order valence-corrected chi connectivity index (χ2v) is 8.03. The van der Waals surface area contributed by atoms with E-state index in [1.165, 1.54) is 0 Å². The molecule has 1 aromatic rings. The van der Waals surface area contributed by atoms with E-state index in [4.69, 9.17) is 5.73 Å². The van der Waals surface area contributed by atoms with Gasteiger partial charge >= 0.3 is 0 Å². The number of nitrogen functional groups attached to an aromatic ring is 1. The Morgan fingerprint density at radius 2 is 2.05 bits per heavy atom. The molecular weight excluding hydrogens is 306 g/mol. The molecule has 0 radical (unpaired) electrons. The number of nitrogens with two attached hydrogens (primary N) is 1. The van der Waals surface area contributed by atoms with Crippen LogP contribution in [0, 0.1) is 0 Å². The second-order valence-electron chi connectivity index (χ2n) is 5.07. The lowest BCUT2D eigenvalue weighted by Gasteiger charge is -2.26. The van der Waals surface area contributed by atoms with Crippen molar-refractivity contribution in [3.05, 3.63) is 23.8 Å². The van der Waals surface area contributed by atoms with Crippen LogP contribution in [-0.2, 0) is 16.4 Å². The van der Waals surface area contributed by atoms with Gasteiger partial charge < -0.3 is 10.6 Å². The third-order valence-electron chi connectivity index (χ3n) is 3.59. The number of hydrogen-bond donors (Lipinski definition) is 2. The van der Waals surface area contributed by atoms with Gasteiger partial charge in [0.15, 0.2) is 0 Å². The maximum absolute atomic E-state index is 12.4. The summed E-state index contributed by atoms with van der Waals surface area (Å²) in [7, 11) is -3.49. The highest BCUT2D eigenvalue weighted by molar-refractivity contribution is 7.99. The second kappa shape index (κ2) is 7.49. The normalized spacial score (nSPS) is 17.0. The number of sulfonamides is 1. The van der Waals surface area contributed by atoms with E-state index in [0.717, 1.165) is 36.7 Å². The Morgan fingerprint density at radius 3 is 2.71 bits per heavy atom. The van der Waals surface area contributed by atoms with Crippen molar-refractivity contribution >= 4 is 27.5 Å². The first-order chi connectivity index (χ1) is 10.0. The molecule has 0 bridgehead atoms. The van der Waals surface area contributed by atoms with Crippen molar-refractivity contribution in [2.45, 2.75) is 18.2 Å². The molecule has 2 rings (SSSR count). The third kappa shape index (κ3) is 4.60. The molecule has 0 amide bonds. The van der Waals surface area contributed by atoms with E-state index in [0.29, 0.717) is 23.5 Å². The van der Waals surface area contributed by atoms with Crippen molar-refractivity contribution in [3.63, 3.8) is 0 Å². The lowest BCUT2D eigenvalue weighted by Crippen LogP contribution is -2.39. The van der Waals surface area contributed by atoms with Gasteiger partial charge in [-0.3, -0.25) is 0 Å². The molecule has 0 aromatic heterocycles. The summed E-state index contributed by atoms with van der Waals surface area (Å²) in [6, 6.07) is 5.06. The molecule has 0 spiro atoms. The highest BCUT2D eigenvalue weighted by Gasteiger charge is 2.18. The Hall–Kier alpha value is -0.760. The van der Waals surface area contributed by atoms with Crippen LogP contribution < -0.4 is 10.5 Å². The lowest BCUT2D eigenvalue weighted by molar-refractivity contribution is 0.307. The van der Waals surface area contributed by atoms with Crippen LogP contribution in [-0.4, -0.2) is 51.0 Å². The fourth-order valence-corrected chi connectivity index (χ4v) is 4.70. The minimum Gasteiger partial charge on any atom is -0.399 e. The Kier molecular flexibility index (Phi) is 5.92. The quantitative estimate of drug-likeness (QED) is 0.766. The molecule has 1 aromatic carbocycles. The number of rotatable bonds is 6. The number of hydrogen-bond acceptors (Lipinski definition) is 5. The first-order valence-electron chi connectivity index (χ1n) is 7.21. The van der Waals surface area contributed by atoms with Crippen LogP contribution in [0.2, 0.25) is 0 Å². The van der Waals surface area contributed by atoms with Crippen LogP contribution in [0.3, 0.4) is 0 Å². The molecule has 1 fully saturated rings. The van der Waals surface area contributed by atoms with E-state index in [9.17, 15) is 8.42 Å². The number of nitrogens with zero attached hydrogens (tertiary/aromatic N) is 1. The molecule has 0 aliphatic carbocycles. The van der Waals surface area contributed by atoms with Gasteiger partial charge in [0.2, 0.25) is 10.0 Å². The van der Waals surface area contributed by atoms with Gasteiger partial charge in [-0.2, -0.15) is 11.8 Å². The highest BCUT2D eigenvalue weighted by Crippen LogP contribution is 2.19. The summed E-state index contributed by atoms with van der Waals surface area (Å²) in [5.74, 6) is 2.25. The average Bonchev–Trinajstić information content (AvgIpc) is 2.48. The molecule has 118 valence electrons. The van der Waals surface area contributed by atoms with Gasteiger partial charge in [-0.15, -0.1) is 0 Å². The summed E-state index contributed by atoms with van der Waals surface area (Å²) < 4.78 is 27.5. The standard InChI is InChI=1S/C14H23N3O2S2/c1-2-12-3-4-13(15)11-14(12)21(18,19)16-5-6-17-7-9-20-10-8-17/h3-4,11,16H,2,5-10,15H2,1H3. The SMILES string of the molecule is CCc1ccc(N)cc1S(=O)(=O)NCCN1CCSCC1. The van der Waals surface area contributed by atoms with Gasteiger partial charge in [0.05, 0.1) is 4.90 Å². The van der Waals surface area contributed by atoms with Crippen molar-refractivity contribution in [2.24, 2.45) is 0 Å². The monoisotopic (exact) mass is 329 g/mol. The maximum Gasteiger partial charge on any atom is 0.240 e. The topological polar surface area (TPSA) is 75.4 Å². The molecule has 21 heavy (non-hydrogen) atoms. The summed E-state index contributed by atoms with van der Waals surface area (Å²) in [4.78, 5) is 2.60. The molecule has 5 nitrogen and oxygen atoms in total. The number of nitrogens with one attached hydrogen (secondary N) is 1. The zero-order chi connectivity index (χ0) is 15.3. The molecular formula is C14H23N3O2S2. The molecule has 0 saturated carbocycles. The maximum atomic E-state index is 12.4. The van der Waals surface area contributed by atoms with Crippen LogP contribution in [0.1, 0.15) is 12.5 Å². The summed E-state index contributed by atoms with van der Waals surface area (Å²) in [6.45, 7) is 5.19. The minimum atomic E-state index is -3.49. The lowest BCUT2D eigenvalue weighted by atomic mass is 10.1. The van der Waals surface area contributed by atoms with E-state index in [2.05, 4.69) is 9.62 Å². The molecule has 1 aliphatic heterocycles. The Balaban J connectivity index is 1.99. The molecule has 1 aliphatic rings. The predicted molar refractivity (Wildman–Crippen MR) is 89.2 cm³/mol. The van der Waals surface area contributed by atoms with E-state index < -0.39 is 10.0 Å². The first-order valence-corrected chi connectivity index (χ1v) is 9.85. The van der Waals surface area contributed by atoms with E-state index in [1.54, 1.807) is 18.2 Å². The zero-order valence-corrected chi connectivity index (χ0v) is 14.0. The first kappa shape index (κ1) is 16.6. The molecule has 0 unspecified atom stereocenters. The van der Waals surface area contributed by atoms with E-state index in [-0.39, 0.29) is 0 Å². The summed E-state index contributed by atoms with van der Waals surface area (Å²) in [6.07, 6.45) is 0.667. The number of benzene rings is 1. The van der Waals surface area contributed by atoms with Crippen LogP contribution in [0.4, 0.5) is 5.69 Å². The van der Waals surface area contributed by atoms with Crippen molar-refractivity contribution in [1.29, 1.82) is 0 Å². The van der Waals surface area contributed by atoms with Gasteiger partial charge in [-0.1, -0.05) is 13.0 Å². The van der Waals surface area contributed by atoms with Crippen molar-refractivity contribution in [1.82, 2.24) is 9.62 Å². The molecule has 7 heteroatoms. The highest BCUT2D eigenvalue weighted by atomic mass is 32.2. The van der Waals surface area contributed by atoms with Gasteiger partial charge in [0.25, 0.3) is 0 Å². The van der Waals surface area contributed by atoms with Gasteiger partial charge in [0.1, 0.15) is 0 Å². The van der Waals surface area contributed by atoms with Gasteiger partial charge in [-0.05, 0) is 24.1 Å². The fourth-order valence-electron chi connectivity index (χ4n) is 2.35. The van der Waals surface area contributed by atoms with E-state index in [1.807, 2.05) is 18.7 Å². The van der Waals surface area contributed by atoms with Gasteiger partial charge in [-0.25, -0.2) is 13.1 Å². The van der Waals surface area contributed by atoms with Gasteiger partial charge in [0, 0.05) is 43.4 Å². The smallest absolute Gasteiger partial charge is 0.240 e. The minimum absolute atomic E-state index is 0.305. The largest absolute Gasteiger partial charge is 0.399 e. The Bertz CT molecular complexity index is 570. The number of anilines is 1. The summed E-state index contributed by atoms with van der Waals surface area (Å²) in [5.41, 5.74) is 6.99. The summed E-state index contributed by atoms with van der Waals surface area (Å²) in [5, 5.41) is 0. The Morgan fingerprint density at radius 1 is 1.33 bits per heavy atom. The number of aryl methyl sites for hydroxylation is 1. The molecule has 0 atom stereocenters. The zero-order valence-electron chi connectivity index (χ0n) is 12.3. The average molecular weight is 329 g/mol. The molecule has 3 N–H and O–H groups in total. The van der Waals surface area contributed by atoms with Crippen LogP contribution in [0.5, 0.6) is 0 Å². The van der Waals surface area contributed by atoms with Crippen LogP contribution >= 0.6 is 11.8 Å². The Labute approximate surface area is 131 Å². The predicted octanol–water partition coefficient (Wildman–Crippen LogP) is 1.16. The van der Waals surface area contributed by atoms with Crippen molar-refractivity contribution in [2.75, 3.05) is 43.4 Å². The fraction of sp³-hybridized carbons (Fsp3) is 0.571. The third-order valence-corrected chi connectivity index (χ3v) is 6.07. The van der Waals surface area contributed by atoms with Crippen LogP contribution in [0.25, 0.3) is 0 Å². The number of thioether (sulfide) groups is 1. The van der Waals surface area contributed by atoms with Crippen molar-refractivity contribution < 1.29 is 8.42 Å². The van der Waals surface area contributed by atoms with E-state index >= 15 is 0 Å². The molecule has 1 heterocycles. The van der Waals surface area contributed by atoms with Crippen molar-refractivity contribution in [3.8, 4) is 0 Å². The van der Waals surface area contributed by atoms with Crippen LogP contribution in [0.15, 0.2) is 23.1 Å².